The number of hydrogen-bond acceptors (Lipinski definition) is 7. The highest BCUT2D eigenvalue weighted by Gasteiger charge is 2.50. The summed E-state index contributed by atoms with van der Waals surface area (Å²) >= 11 is 0. The fraction of sp³-hybridized carbons (Fsp3) is 0.513. The predicted octanol–water partition coefficient (Wildman–Crippen LogP) is 5.75. The van der Waals surface area contributed by atoms with Crippen LogP contribution in [0.3, 0.4) is 0 Å². The van der Waals surface area contributed by atoms with Crippen LogP contribution in [0.1, 0.15) is 50.7 Å². The zero-order valence-corrected chi connectivity index (χ0v) is 30.3. The van der Waals surface area contributed by atoms with Crippen LogP contribution in [-0.4, -0.2) is 75.9 Å². The van der Waals surface area contributed by atoms with E-state index in [-0.39, 0.29) is 37.4 Å². The molecule has 1 saturated heterocycles. The molecule has 48 heavy (non-hydrogen) atoms. The lowest BCUT2D eigenvalue weighted by atomic mass is 9.94. The first-order valence-electron chi connectivity index (χ1n) is 17.7. The average molecular weight is 675 g/mol. The number of methoxy groups -OCH3 is 1. The Morgan fingerprint density at radius 2 is 1.73 bits per heavy atom. The first kappa shape index (κ1) is 36.1. The van der Waals surface area contributed by atoms with Crippen molar-refractivity contribution in [2.45, 2.75) is 89.3 Å². The van der Waals surface area contributed by atoms with Gasteiger partial charge in [-0.2, -0.15) is 0 Å². The Bertz CT molecular complexity index is 1500. The molecule has 0 spiro atoms. The number of unbranched alkanes of at least 4 members (excludes halogenated alkanes) is 1. The molecule has 2 aliphatic rings. The van der Waals surface area contributed by atoms with Gasteiger partial charge in [0, 0.05) is 18.9 Å². The molecule has 1 amide bonds. The third-order valence-electron chi connectivity index (χ3n) is 10.4. The third-order valence-corrected chi connectivity index (χ3v) is 14.8. The van der Waals surface area contributed by atoms with Crippen LogP contribution >= 0.6 is 0 Å². The van der Waals surface area contributed by atoms with E-state index in [1.165, 1.54) is 5.19 Å². The molecule has 0 aromatic heterocycles. The van der Waals surface area contributed by atoms with Gasteiger partial charge in [-0.15, -0.1) is 0 Å². The highest BCUT2D eigenvalue weighted by molar-refractivity contribution is 6.91. The number of fused-ring (bicyclic) bond motifs is 1. The molecule has 2 aliphatic heterocycles. The number of anilines is 2. The van der Waals surface area contributed by atoms with Gasteiger partial charge >= 0.3 is 0 Å². The van der Waals surface area contributed by atoms with Gasteiger partial charge < -0.3 is 29.7 Å². The lowest BCUT2D eigenvalue weighted by Gasteiger charge is -2.36. The molecule has 0 bridgehead atoms. The zero-order valence-electron chi connectivity index (χ0n) is 29.3. The van der Waals surface area contributed by atoms with Gasteiger partial charge in [0.1, 0.15) is 11.5 Å². The Kier molecular flexibility index (Phi) is 12.4. The molecular weight excluding hydrogens is 621 g/mol. The number of aliphatic hydroxyl groups is 2. The van der Waals surface area contributed by atoms with Crippen LogP contribution < -0.4 is 24.9 Å². The number of amides is 1. The summed E-state index contributed by atoms with van der Waals surface area (Å²) in [6, 6.07) is 22.5. The minimum Gasteiger partial charge on any atom is -0.497 e. The Balaban J connectivity index is 1.34. The third kappa shape index (κ3) is 7.98. The first-order valence-corrected chi connectivity index (χ1v) is 20.7. The van der Waals surface area contributed by atoms with Crippen LogP contribution in [0.4, 0.5) is 11.4 Å². The minimum absolute atomic E-state index is 0.0240. The number of carbonyl (C=O) groups excluding carboxylic acids is 1. The maximum absolute atomic E-state index is 14.0. The Labute approximate surface area is 287 Å². The number of aliphatic hydroxyl groups excluding tert-OH is 2. The van der Waals surface area contributed by atoms with Gasteiger partial charge in [0.15, 0.2) is 0 Å². The zero-order chi connectivity index (χ0) is 34.3. The molecule has 8 nitrogen and oxygen atoms in total. The molecule has 3 aromatic rings. The highest BCUT2D eigenvalue weighted by Crippen LogP contribution is 2.46. The van der Waals surface area contributed by atoms with Gasteiger partial charge in [0.2, 0.25) is 5.91 Å². The van der Waals surface area contributed by atoms with E-state index < -0.39 is 8.07 Å². The van der Waals surface area contributed by atoms with E-state index in [1.54, 1.807) is 7.11 Å². The summed E-state index contributed by atoms with van der Waals surface area (Å²) in [4.78, 5) is 15.9. The van der Waals surface area contributed by atoms with Crippen molar-refractivity contribution in [3.63, 3.8) is 0 Å². The summed E-state index contributed by atoms with van der Waals surface area (Å²) in [5.41, 5.74) is 4.36. The highest BCUT2D eigenvalue weighted by atomic mass is 28.3. The molecule has 0 saturated carbocycles. The molecule has 1 unspecified atom stereocenters. The summed E-state index contributed by atoms with van der Waals surface area (Å²) < 4.78 is 18.0. The average Bonchev–Trinajstić information content (AvgIpc) is 3.41. The molecule has 5 atom stereocenters. The van der Waals surface area contributed by atoms with Crippen LogP contribution in [0.15, 0.2) is 66.7 Å². The summed E-state index contributed by atoms with van der Waals surface area (Å²) in [7, 11) is -0.268. The van der Waals surface area contributed by atoms with Crippen LogP contribution in [0.2, 0.25) is 18.6 Å². The fourth-order valence-electron chi connectivity index (χ4n) is 7.92. The van der Waals surface area contributed by atoms with Gasteiger partial charge in [0.25, 0.3) is 0 Å². The predicted molar refractivity (Wildman–Crippen MR) is 195 cm³/mol. The lowest BCUT2D eigenvalue weighted by molar-refractivity contribution is -0.120. The number of aryl methyl sites for hydroxylation is 1. The Hall–Kier alpha value is -3.21. The standard InChI is InChI=1S/C39H54N2O6Si/c1-6-46-32-15-18-35-29(25-32)26-34(40-21-7-8-22-42)39(44)41(35)30-11-9-10-28(24-30)12-19-36-27(2)38(37(47-36)20-23-43)48(4,5)33-16-13-31(45-3)14-17-33/h9-11,13-18,24-25,27,34,36-38,40,42-43H,6-8,12,19-23,26H2,1-5H3/t27-,34?,36+,37-,38+/m1/s1. The number of carbonyl (C=O) groups is 1. The Morgan fingerprint density at radius 3 is 2.44 bits per heavy atom. The van der Waals surface area contributed by atoms with E-state index in [0.717, 1.165) is 53.3 Å². The number of rotatable bonds is 16. The second-order valence-corrected chi connectivity index (χ2v) is 18.5. The van der Waals surface area contributed by atoms with E-state index in [4.69, 9.17) is 14.2 Å². The van der Waals surface area contributed by atoms with E-state index in [1.807, 2.05) is 36.1 Å². The maximum atomic E-state index is 14.0. The smallest absolute Gasteiger partial charge is 0.249 e. The number of nitrogens with zero attached hydrogens (tertiary/aromatic N) is 1. The quantitative estimate of drug-likeness (QED) is 0.132. The van der Waals surface area contributed by atoms with E-state index in [0.29, 0.717) is 43.9 Å². The van der Waals surface area contributed by atoms with Crippen LogP contribution in [0.5, 0.6) is 11.5 Å². The van der Waals surface area contributed by atoms with Crippen molar-refractivity contribution in [1.29, 1.82) is 0 Å². The van der Waals surface area contributed by atoms with Crippen LogP contribution in [-0.2, 0) is 22.4 Å². The van der Waals surface area contributed by atoms with Gasteiger partial charge in [-0.25, -0.2) is 0 Å². The van der Waals surface area contributed by atoms with E-state index in [9.17, 15) is 15.0 Å². The van der Waals surface area contributed by atoms with Crippen molar-refractivity contribution in [2.75, 3.05) is 38.4 Å². The first-order chi connectivity index (χ1) is 23.2. The molecule has 260 valence electrons. The molecule has 0 aliphatic carbocycles. The van der Waals surface area contributed by atoms with E-state index >= 15 is 0 Å². The molecule has 2 heterocycles. The number of benzene rings is 3. The van der Waals surface area contributed by atoms with Crippen molar-refractivity contribution < 1.29 is 29.2 Å². The van der Waals surface area contributed by atoms with E-state index in [2.05, 4.69) is 67.8 Å². The molecule has 3 N–H and O–H groups in total. The minimum atomic E-state index is -1.96. The van der Waals surface area contributed by atoms with Gasteiger partial charge in [-0.1, -0.05) is 49.5 Å². The topological polar surface area (TPSA) is 100 Å². The fourth-order valence-corrected chi connectivity index (χ4v) is 12.0. The van der Waals surface area contributed by atoms with Crippen LogP contribution in [0, 0.1) is 5.92 Å². The van der Waals surface area contributed by atoms with Crippen molar-refractivity contribution in [3.8, 4) is 11.5 Å². The van der Waals surface area contributed by atoms with Crippen molar-refractivity contribution in [1.82, 2.24) is 5.32 Å². The SMILES string of the molecule is CCOc1ccc2c(c1)CC(NCCCCO)C(=O)N2c1cccc(CC[C@@H]2O[C@H](CCO)[C@@H]([Si](C)(C)c3ccc(OC)cc3)[C@@H]2C)c1. The summed E-state index contributed by atoms with van der Waals surface area (Å²) in [6.07, 6.45) is 4.55. The largest absolute Gasteiger partial charge is 0.497 e. The maximum Gasteiger partial charge on any atom is 0.249 e. The number of ether oxygens (including phenoxy) is 3. The molecule has 5 rings (SSSR count). The molecule has 3 aromatic carbocycles. The molecular formula is C39H54N2O6Si. The summed E-state index contributed by atoms with van der Waals surface area (Å²) in [5.74, 6) is 2.04. The number of nitrogens with one attached hydrogen (secondary N) is 1. The molecule has 0 radical (unpaired) electrons. The summed E-state index contributed by atoms with van der Waals surface area (Å²) in [6.45, 7) is 10.7. The second-order valence-electron chi connectivity index (χ2n) is 13.8. The number of hydrogen-bond donors (Lipinski definition) is 3. The van der Waals surface area contributed by atoms with Crippen LogP contribution in [0.25, 0.3) is 0 Å². The Morgan fingerprint density at radius 1 is 0.958 bits per heavy atom. The monoisotopic (exact) mass is 674 g/mol. The summed E-state index contributed by atoms with van der Waals surface area (Å²) in [5, 5.41) is 24.0. The lowest BCUT2D eigenvalue weighted by Crippen LogP contribution is -2.50. The van der Waals surface area contributed by atoms with Crippen molar-refractivity contribution >= 4 is 30.5 Å². The second kappa shape index (κ2) is 16.5. The van der Waals surface area contributed by atoms with Crippen molar-refractivity contribution in [2.24, 2.45) is 5.92 Å². The normalized spacial score (nSPS) is 22.5. The molecule has 9 heteroatoms. The van der Waals surface area contributed by atoms with Gasteiger partial charge in [-0.05, 0) is 117 Å². The van der Waals surface area contributed by atoms with Gasteiger partial charge in [0.05, 0.1) is 45.7 Å². The molecule has 1 fully saturated rings. The van der Waals surface area contributed by atoms with Gasteiger partial charge in [-0.3, -0.25) is 9.69 Å². The van der Waals surface area contributed by atoms with Crippen molar-refractivity contribution in [3.05, 3.63) is 77.9 Å².